The molecule has 3 aliphatic rings. The van der Waals surface area contributed by atoms with Gasteiger partial charge in [-0.25, -0.2) is 13.1 Å². The summed E-state index contributed by atoms with van der Waals surface area (Å²) < 4.78 is 32.1. The summed E-state index contributed by atoms with van der Waals surface area (Å²) in [5.41, 5.74) is 0.185. The van der Waals surface area contributed by atoms with Gasteiger partial charge < -0.3 is 15.4 Å². The molecule has 146 valence electrons. The smallest absolute Gasteiger partial charge is 0.223 e. The summed E-state index contributed by atoms with van der Waals surface area (Å²) in [5.74, 6) is 0.0147. The van der Waals surface area contributed by atoms with Crippen LogP contribution in [0.3, 0.4) is 0 Å². The minimum Gasteiger partial charge on any atom is -0.377 e. The third-order valence-electron chi connectivity index (χ3n) is 5.58. The summed E-state index contributed by atoms with van der Waals surface area (Å²) >= 11 is 0. The van der Waals surface area contributed by atoms with Gasteiger partial charge in [0.05, 0.1) is 11.9 Å². The third-order valence-corrected chi connectivity index (χ3v) is 6.93. The Morgan fingerprint density at radius 1 is 1.24 bits per heavy atom. The standard InChI is InChI=1S/C16H29N3O4S.ClH/c20-15(14-11-16(14)4-6-17-7-5-16)18-8-10-24(21,22)19-12-13-3-1-2-9-23-13;/h13-14,17,19H,1-12H2,(H,18,20);1H. The second kappa shape index (κ2) is 8.99. The largest absolute Gasteiger partial charge is 0.377 e. The number of hydrogen-bond donors (Lipinski definition) is 3. The summed E-state index contributed by atoms with van der Waals surface area (Å²) in [4.78, 5) is 12.2. The van der Waals surface area contributed by atoms with Crippen molar-refractivity contribution in [2.75, 3.05) is 38.5 Å². The molecule has 1 amide bonds. The molecule has 0 aromatic carbocycles. The number of hydrogen-bond acceptors (Lipinski definition) is 5. The highest BCUT2D eigenvalue weighted by molar-refractivity contribution is 7.89. The van der Waals surface area contributed by atoms with Gasteiger partial charge in [0.25, 0.3) is 0 Å². The van der Waals surface area contributed by atoms with Gasteiger partial charge in [0.1, 0.15) is 0 Å². The van der Waals surface area contributed by atoms with Crippen molar-refractivity contribution in [2.45, 2.75) is 44.6 Å². The highest BCUT2D eigenvalue weighted by Crippen LogP contribution is 2.58. The molecule has 2 saturated heterocycles. The van der Waals surface area contributed by atoms with Crippen molar-refractivity contribution < 1.29 is 17.9 Å². The number of carbonyl (C=O) groups is 1. The number of carbonyl (C=O) groups excluding carboxylic acids is 1. The first-order valence-corrected chi connectivity index (χ1v) is 10.7. The SMILES string of the molecule is Cl.O=C(NCCS(=O)(=O)NCC1CCCCO1)C1CC12CCNCC2. The number of halogens is 1. The van der Waals surface area contributed by atoms with E-state index in [1.807, 2.05) is 0 Å². The van der Waals surface area contributed by atoms with E-state index in [4.69, 9.17) is 4.74 Å². The molecule has 1 spiro atoms. The van der Waals surface area contributed by atoms with Crippen LogP contribution in [-0.4, -0.2) is 59.0 Å². The number of sulfonamides is 1. The molecule has 2 unspecified atom stereocenters. The maximum absolute atomic E-state index is 12.2. The van der Waals surface area contributed by atoms with Gasteiger partial charge in [0.2, 0.25) is 15.9 Å². The Morgan fingerprint density at radius 3 is 2.68 bits per heavy atom. The molecule has 0 bridgehead atoms. The average Bonchev–Trinajstić information content (AvgIpc) is 3.28. The Balaban J connectivity index is 0.00000225. The zero-order valence-electron chi connectivity index (χ0n) is 14.6. The number of amides is 1. The van der Waals surface area contributed by atoms with Gasteiger partial charge in [0.15, 0.2) is 0 Å². The first kappa shape index (κ1) is 20.9. The normalized spacial score (nSPS) is 28.2. The Hall–Kier alpha value is -0.410. The van der Waals surface area contributed by atoms with E-state index in [1.54, 1.807) is 0 Å². The van der Waals surface area contributed by atoms with E-state index >= 15 is 0 Å². The van der Waals surface area contributed by atoms with Crippen LogP contribution in [0.1, 0.15) is 38.5 Å². The molecule has 1 aliphatic carbocycles. The fourth-order valence-electron chi connectivity index (χ4n) is 3.89. The van der Waals surface area contributed by atoms with Gasteiger partial charge in [-0.15, -0.1) is 12.4 Å². The minimum atomic E-state index is -3.37. The number of piperidine rings is 1. The van der Waals surface area contributed by atoms with E-state index in [-0.39, 0.29) is 48.0 Å². The van der Waals surface area contributed by atoms with E-state index in [0.717, 1.165) is 51.6 Å². The number of rotatable bonds is 7. The monoisotopic (exact) mass is 395 g/mol. The van der Waals surface area contributed by atoms with Crippen LogP contribution in [-0.2, 0) is 19.6 Å². The predicted molar refractivity (Wildman–Crippen MR) is 98.3 cm³/mol. The van der Waals surface area contributed by atoms with Crippen molar-refractivity contribution in [1.29, 1.82) is 0 Å². The summed E-state index contributed by atoms with van der Waals surface area (Å²) in [5, 5.41) is 6.11. The van der Waals surface area contributed by atoms with E-state index in [2.05, 4.69) is 15.4 Å². The zero-order valence-corrected chi connectivity index (χ0v) is 16.2. The summed E-state index contributed by atoms with van der Waals surface area (Å²) in [6, 6.07) is 0. The molecule has 2 aliphatic heterocycles. The van der Waals surface area contributed by atoms with E-state index in [9.17, 15) is 13.2 Å². The van der Waals surface area contributed by atoms with Crippen molar-refractivity contribution in [3.63, 3.8) is 0 Å². The Kier molecular flexibility index (Phi) is 7.52. The van der Waals surface area contributed by atoms with Gasteiger partial charge >= 0.3 is 0 Å². The molecule has 3 rings (SSSR count). The molecule has 9 heteroatoms. The van der Waals surface area contributed by atoms with Crippen LogP contribution in [0.4, 0.5) is 0 Å². The van der Waals surface area contributed by atoms with E-state index in [0.29, 0.717) is 13.2 Å². The summed E-state index contributed by atoms with van der Waals surface area (Å²) in [6.07, 6.45) is 6.06. The number of nitrogens with one attached hydrogen (secondary N) is 3. The maximum atomic E-state index is 12.2. The Bertz CT molecular complexity index is 546. The van der Waals surface area contributed by atoms with Crippen LogP contribution in [0.5, 0.6) is 0 Å². The molecule has 25 heavy (non-hydrogen) atoms. The Morgan fingerprint density at radius 2 is 2.00 bits per heavy atom. The van der Waals surface area contributed by atoms with Crippen molar-refractivity contribution >= 4 is 28.3 Å². The zero-order chi connectivity index (χ0) is 17.0. The van der Waals surface area contributed by atoms with Gasteiger partial charge in [-0.05, 0) is 57.0 Å². The van der Waals surface area contributed by atoms with Crippen molar-refractivity contribution in [3.8, 4) is 0 Å². The molecular weight excluding hydrogens is 366 g/mol. The molecule has 1 saturated carbocycles. The first-order valence-electron chi connectivity index (χ1n) is 9.08. The van der Waals surface area contributed by atoms with Crippen LogP contribution in [0, 0.1) is 11.3 Å². The lowest BCUT2D eigenvalue weighted by molar-refractivity contribution is -0.123. The molecular formula is C16H30ClN3O4S. The van der Waals surface area contributed by atoms with Crippen LogP contribution in [0.25, 0.3) is 0 Å². The maximum Gasteiger partial charge on any atom is 0.223 e. The van der Waals surface area contributed by atoms with Gasteiger partial charge in [-0.2, -0.15) is 0 Å². The van der Waals surface area contributed by atoms with Gasteiger partial charge in [-0.3, -0.25) is 4.79 Å². The molecule has 3 N–H and O–H groups in total. The highest BCUT2D eigenvalue weighted by Gasteiger charge is 2.57. The topological polar surface area (TPSA) is 96.5 Å². The second-order valence-corrected chi connectivity index (χ2v) is 9.24. The van der Waals surface area contributed by atoms with Crippen LogP contribution in [0.2, 0.25) is 0 Å². The van der Waals surface area contributed by atoms with Gasteiger partial charge in [-0.1, -0.05) is 0 Å². The second-order valence-electron chi connectivity index (χ2n) is 7.32. The molecule has 0 aromatic rings. The van der Waals surface area contributed by atoms with Crippen LogP contribution in [0.15, 0.2) is 0 Å². The molecule has 2 heterocycles. The van der Waals surface area contributed by atoms with Crippen LogP contribution >= 0.6 is 12.4 Å². The van der Waals surface area contributed by atoms with Gasteiger partial charge in [0, 0.05) is 25.6 Å². The summed E-state index contributed by atoms with van der Waals surface area (Å²) in [7, 11) is -3.37. The third kappa shape index (κ3) is 5.79. The highest BCUT2D eigenvalue weighted by atomic mass is 35.5. The fourth-order valence-corrected chi connectivity index (χ4v) is 4.84. The lowest BCUT2D eigenvalue weighted by atomic mass is 9.92. The fraction of sp³-hybridized carbons (Fsp3) is 0.938. The number of ether oxygens (including phenoxy) is 1. The average molecular weight is 396 g/mol. The minimum absolute atomic E-state index is 0. The van der Waals surface area contributed by atoms with Crippen LogP contribution < -0.4 is 15.4 Å². The van der Waals surface area contributed by atoms with Crippen molar-refractivity contribution in [2.24, 2.45) is 11.3 Å². The molecule has 2 atom stereocenters. The van der Waals surface area contributed by atoms with E-state index in [1.165, 1.54) is 0 Å². The quantitative estimate of drug-likeness (QED) is 0.580. The molecule has 0 aromatic heterocycles. The lowest BCUT2D eigenvalue weighted by Gasteiger charge is -2.23. The van der Waals surface area contributed by atoms with Crippen molar-refractivity contribution in [1.82, 2.24) is 15.4 Å². The molecule has 0 radical (unpaired) electrons. The molecule has 3 fully saturated rings. The van der Waals surface area contributed by atoms with Crippen molar-refractivity contribution in [3.05, 3.63) is 0 Å². The Labute approximate surface area is 156 Å². The summed E-state index contributed by atoms with van der Waals surface area (Å²) in [6.45, 7) is 3.16. The molecule has 7 nitrogen and oxygen atoms in total. The lowest BCUT2D eigenvalue weighted by Crippen LogP contribution is -2.40. The predicted octanol–water partition coefficient (Wildman–Crippen LogP) is 0.403. The van der Waals surface area contributed by atoms with E-state index < -0.39 is 10.0 Å². The first-order chi connectivity index (χ1) is 11.5.